The summed E-state index contributed by atoms with van der Waals surface area (Å²) in [5, 5.41) is 14.1. The Hall–Kier alpha value is -1.95. The third kappa shape index (κ3) is 2.96. The normalized spacial score (nSPS) is 12.4. The summed E-state index contributed by atoms with van der Waals surface area (Å²) >= 11 is 0. The Kier molecular flexibility index (Phi) is 4.68. The zero-order valence-electron chi connectivity index (χ0n) is 12.4. The minimum absolute atomic E-state index is 0.0948. The van der Waals surface area contributed by atoms with Crippen molar-refractivity contribution in [3.05, 3.63) is 34.9 Å². The molecule has 2 N–H and O–H groups in total. The molecule has 0 saturated carbocycles. The minimum Gasteiger partial charge on any atom is -0.496 e. The summed E-state index contributed by atoms with van der Waals surface area (Å²) in [6, 6.07) is 0.0948. The molecular weight excluding hydrogens is 254 g/mol. The van der Waals surface area contributed by atoms with Crippen molar-refractivity contribution in [2.45, 2.75) is 33.2 Å². The molecule has 0 aromatic carbocycles. The predicted molar refractivity (Wildman–Crippen MR) is 76.8 cm³/mol. The van der Waals surface area contributed by atoms with Crippen molar-refractivity contribution in [1.29, 1.82) is 0 Å². The van der Waals surface area contributed by atoms with Crippen molar-refractivity contribution < 1.29 is 4.74 Å². The number of aromatic amines is 1. The molecule has 0 amide bonds. The van der Waals surface area contributed by atoms with Gasteiger partial charge in [-0.05, 0) is 20.4 Å². The van der Waals surface area contributed by atoms with Crippen LogP contribution < -0.4 is 10.1 Å². The second-order valence-electron chi connectivity index (χ2n) is 4.76. The van der Waals surface area contributed by atoms with Gasteiger partial charge in [0, 0.05) is 29.4 Å². The topological polar surface area (TPSA) is 75.7 Å². The molecule has 0 aliphatic carbocycles. The smallest absolute Gasteiger partial charge is 0.128 e. The van der Waals surface area contributed by atoms with E-state index in [2.05, 4.69) is 32.6 Å². The molecule has 0 bridgehead atoms. The summed E-state index contributed by atoms with van der Waals surface area (Å²) in [6.45, 7) is 6.98. The number of pyridine rings is 1. The molecule has 0 aliphatic rings. The van der Waals surface area contributed by atoms with E-state index in [4.69, 9.17) is 4.74 Å². The van der Waals surface area contributed by atoms with Crippen molar-refractivity contribution in [3.8, 4) is 5.75 Å². The highest BCUT2D eigenvalue weighted by atomic mass is 16.5. The molecule has 0 aliphatic heterocycles. The lowest BCUT2D eigenvalue weighted by Crippen LogP contribution is -2.24. The summed E-state index contributed by atoms with van der Waals surface area (Å²) in [4.78, 5) is 4.54. The van der Waals surface area contributed by atoms with Gasteiger partial charge >= 0.3 is 0 Å². The fourth-order valence-electron chi connectivity index (χ4n) is 2.38. The van der Waals surface area contributed by atoms with Crippen LogP contribution in [0.25, 0.3) is 0 Å². The van der Waals surface area contributed by atoms with Gasteiger partial charge in [-0.2, -0.15) is 15.4 Å². The van der Waals surface area contributed by atoms with E-state index in [1.165, 1.54) is 0 Å². The minimum atomic E-state index is 0.0948. The quantitative estimate of drug-likeness (QED) is 0.839. The number of rotatable bonds is 6. The maximum absolute atomic E-state index is 5.45. The first-order chi connectivity index (χ1) is 9.67. The van der Waals surface area contributed by atoms with Crippen LogP contribution in [0.2, 0.25) is 0 Å². The Labute approximate surface area is 119 Å². The third-order valence-corrected chi connectivity index (χ3v) is 3.39. The average molecular weight is 275 g/mol. The van der Waals surface area contributed by atoms with E-state index >= 15 is 0 Å². The van der Waals surface area contributed by atoms with Crippen LogP contribution in [0, 0.1) is 13.8 Å². The fourth-order valence-corrected chi connectivity index (χ4v) is 2.38. The van der Waals surface area contributed by atoms with Crippen molar-refractivity contribution >= 4 is 0 Å². The Morgan fingerprint density at radius 1 is 1.35 bits per heavy atom. The molecule has 108 valence electrons. The van der Waals surface area contributed by atoms with Crippen LogP contribution in [-0.2, 0) is 6.42 Å². The molecule has 6 heteroatoms. The second kappa shape index (κ2) is 6.47. The monoisotopic (exact) mass is 275 g/mol. The molecule has 6 nitrogen and oxygen atoms in total. The van der Waals surface area contributed by atoms with E-state index < -0.39 is 0 Å². The van der Waals surface area contributed by atoms with Gasteiger partial charge in [0.2, 0.25) is 0 Å². The summed E-state index contributed by atoms with van der Waals surface area (Å²) in [7, 11) is 1.69. The van der Waals surface area contributed by atoms with Gasteiger partial charge in [0.25, 0.3) is 0 Å². The Balaban J connectivity index is 2.27. The number of likely N-dealkylation sites (N-methyl/N-ethyl adjacent to an activating group) is 1. The van der Waals surface area contributed by atoms with E-state index in [-0.39, 0.29) is 6.04 Å². The van der Waals surface area contributed by atoms with E-state index in [0.29, 0.717) is 0 Å². The van der Waals surface area contributed by atoms with Gasteiger partial charge in [-0.15, -0.1) is 0 Å². The van der Waals surface area contributed by atoms with Crippen molar-refractivity contribution in [2.24, 2.45) is 0 Å². The molecule has 2 rings (SSSR count). The summed E-state index contributed by atoms with van der Waals surface area (Å²) in [5.41, 5.74) is 4.04. The van der Waals surface area contributed by atoms with Gasteiger partial charge in [-0.25, -0.2) is 0 Å². The molecular formula is C14H21N5O. The number of hydrogen-bond acceptors (Lipinski definition) is 5. The number of hydrogen-bond donors (Lipinski definition) is 2. The number of H-pyrrole nitrogens is 1. The Morgan fingerprint density at radius 2 is 2.15 bits per heavy atom. The molecule has 2 aromatic rings. The van der Waals surface area contributed by atoms with Gasteiger partial charge in [-0.3, -0.25) is 4.98 Å². The van der Waals surface area contributed by atoms with Crippen LogP contribution in [0.15, 0.2) is 12.4 Å². The van der Waals surface area contributed by atoms with Crippen LogP contribution in [0.3, 0.4) is 0 Å². The van der Waals surface area contributed by atoms with Crippen LogP contribution in [0.1, 0.15) is 35.5 Å². The summed E-state index contributed by atoms with van der Waals surface area (Å²) in [5.74, 6) is 0.908. The first-order valence-corrected chi connectivity index (χ1v) is 6.75. The van der Waals surface area contributed by atoms with E-state index in [1.807, 2.05) is 20.0 Å². The number of ether oxygens (including phenoxy) is 1. The molecule has 1 unspecified atom stereocenters. The Bertz CT molecular complexity index is 553. The number of methoxy groups -OCH3 is 1. The lowest BCUT2D eigenvalue weighted by atomic mass is 10.0. The summed E-state index contributed by atoms with van der Waals surface area (Å²) < 4.78 is 5.45. The van der Waals surface area contributed by atoms with Crippen molar-refractivity contribution in [3.63, 3.8) is 0 Å². The maximum Gasteiger partial charge on any atom is 0.128 e. The standard InChI is InChI=1S/C14H21N5O/c1-5-15-12(13-8-17-19-18-13)6-11-10(3)14(20-4)9(2)7-16-11/h7-8,12,15H,5-6H2,1-4H3,(H,17,18,19). The van der Waals surface area contributed by atoms with Crippen LogP contribution in [0.4, 0.5) is 0 Å². The van der Waals surface area contributed by atoms with Crippen LogP contribution in [0.5, 0.6) is 5.75 Å². The van der Waals surface area contributed by atoms with Gasteiger partial charge in [0.1, 0.15) is 5.75 Å². The summed E-state index contributed by atoms with van der Waals surface area (Å²) in [6.07, 6.45) is 4.35. The number of nitrogens with one attached hydrogen (secondary N) is 2. The van der Waals surface area contributed by atoms with Gasteiger partial charge < -0.3 is 10.1 Å². The molecule has 1 atom stereocenters. The molecule has 20 heavy (non-hydrogen) atoms. The van der Waals surface area contributed by atoms with E-state index in [9.17, 15) is 0 Å². The fraction of sp³-hybridized carbons (Fsp3) is 0.500. The van der Waals surface area contributed by atoms with E-state index in [1.54, 1.807) is 13.3 Å². The van der Waals surface area contributed by atoms with Gasteiger partial charge in [0.05, 0.1) is 25.0 Å². The second-order valence-corrected chi connectivity index (χ2v) is 4.76. The molecule has 2 aromatic heterocycles. The first-order valence-electron chi connectivity index (χ1n) is 6.75. The van der Waals surface area contributed by atoms with Gasteiger partial charge in [0.15, 0.2) is 0 Å². The highest BCUT2D eigenvalue weighted by molar-refractivity contribution is 5.41. The highest BCUT2D eigenvalue weighted by Gasteiger charge is 2.18. The number of aromatic nitrogens is 4. The largest absolute Gasteiger partial charge is 0.496 e. The molecule has 2 heterocycles. The Morgan fingerprint density at radius 3 is 2.75 bits per heavy atom. The van der Waals surface area contributed by atoms with Gasteiger partial charge in [-0.1, -0.05) is 6.92 Å². The average Bonchev–Trinajstić information content (AvgIpc) is 2.95. The lowest BCUT2D eigenvalue weighted by molar-refractivity contribution is 0.406. The zero-order chi connectivity index (χ0) is 14.5. The third-order valence-electron chi connectivity index (χ3n) is 3.39. The molecule has 0 saturated heterocycles. The van der Waals surface area contributed by atoms with Crippen molar-refractivity contribution in [2.75, 3.05) is 13.7 Å². The maximum atomic E-state index is 5.45. The number of aryl methyl sites for hydroxylation is 1. The molecule has 0 fully saturated rings. The zero-order valence-corrected chi connectivity index (χ0v) is 12.4. The van der Waals surface area contributed by atoms with Crippen molar-refractivity contribution in [1.82, 2.24) is 25.7 Å². The predicted octanol–water partition coefficient (Wildman–Crippen LogP) is 1.72. The molecule has 0 radical (unpaired) electrons. The first kappa shape index (κ1) is 14.5. The van der Waals surface area contributed by atoms with Crippen LogP contribution >= 0.6 is 0 Å². The molecule has 0 spiro atoms. The number of nitrogens with zero attached hydrogens (tertiary/aromatic N) is 3. The SMILES string of the molecule is CCNC(Cc1ncc(C)c(OC)c1C)c1cn[nH]n1. The van der Waals surface area contributed by atoms with Crippen LogP contribution in [-0.4, -0.2) is 34.0 Å². The lowest BCUT2D eigenvalue weighted by Gasteiger charge is -2.18. The highest BCUT2D eigenvalue weighted by Crippen LogP contribution is 2.26. The van der Waals surface area contributed by atoms with E-state index in [0.717, 1.165) is 41.2 Å².